The smallest absolute Gasteiger partial charge is 0.254 e. The number of amides is 1. The minimum Gasteiger partial charge on any atom is -0.350 e. The van der Waals surface area contributed by atoms with Gasteiger partial charge in [0.25, 0.3) is 5.91 Å². The molecule has 1 fully saturated rings. The molecule has 0 aliphatic carbocycles. The van der Waals surface area contributed by atoms with Crippen molar-refractivity contribution in [3.05, 3.63) is 35.4 Å². The van der Waals surface area contributed by atoms with Crippen LogP contribution in [0, 0.1) is 11.6 Å². The monoisotopic (exact) mass is 254 g/mol. The van der Waals surface area contributed by atoms with E-state index in [1.54, 1.807) is 0 Å². The van der Waals surface area contributed by atoms with E-state index in [0.29, 0.717) is 6.54 Å². The fourth-order valence-corrected chi connectivity index (χ4v) is 2.08. The lowest BCUT2D eigenvalue weighted by atomic mass is 10.0. The molecule has 1 aromatic rings. The highest BCUT2D eigenvalue weighted by Crippen LogP contribution is 2.10. The summed E-state index contributed by atoms with van der Waals surface area (Å²) < 4.78 is 26.3. The minimum atomic E-state index is -0.703. The SMILES string of the molecule is O=C(NCC1CCCCN1)c1cc(F)ccc1F. The average molecular weight is 254 g/mol. The number of rotatable bonds is 3. The van der Waals surface area contributed by atoms with Gasteiger partial charge in [0.15, 0.2) is 0 Å². The van der Waals surface area contributed by atoms with Gasteiger partial charge in [-0.25, -0.2) is 8.78 Å². The van der Waals surface area contributed by atoms with E-state index in [-0.39, 0.29) is 11.6 Å². The van der Waals surface area contributed by atoms with Crippen LogP contribution in [0.1, 0.15) is 29.6 Å². The first-order valence-electron chi connectivity index (χ1n) is 6.13. The zero-order valence-corrected chi connectivity index (χ0v) is 10.0. The van der Waals surface area contributed by atoms with Gasteiger partial charge in [0, 0.05) is 12.6 Å². The Morgan fingerprint density at radius 3 is 2.94 bits per heavy atom. The highest BCUT2D eigenvalue weighted by molar-refractivity contribution is 5.94. The predicted octanol–water partition coefficient (Wildman–Crippen LogP) is 1.84. The van der Waals surface area contributed by atoms with Crippen LogP contribution in [-0.4, -0.2) is 25.0 Å². The molecule has 2 rings (SSSR count). The Morgan fingerprint density at radius 1 is 1.39 bits per heavy atom. The molecule has 98 valence electrons. The van der Waals surface area contributed by atoms with E-state index in [2.05, 4.69) is 10.6 Å². The molecule has 1 atom stereocenters. The van der Waals surface area contributed by atoms with Crippen LogP contribution in [0.3, 0.4) is 0 Å². The van der Waals surface area contributed by atoms with Crippen molar-refractivity contribution in [3.63, 3.8) is 0 Å². The first kappa shape index (κ1) is 13.0. The fourth-order valence-electron chi connectivity index (χ4n) is 2.08. The zero-order chi connectivity index (χ0) is 13.0. The molecule has 1 saturated heterocycles. The zero-order valence-electron chi connectivity index (χ0n) is 10.0. The Morgan fingerprint density at radius 2 is 2.22 bits per heavy atom. The van der Waals surface area contributed by atoms with E-state index in [4.69, 9.17) is 0 Å². The maximum Gasteiger partial charge on any atom is 0.254 e. The van der Waals surface area contributed by atoms with E-state index < -0.39 is 17.5 Å². The molecule has 0 saturated carbocycles. The Balaban J connectivity index is 1.92. The van der Waals surface area contributed by atoms with Gasteiger partial charge in [-0.05, 0) is 37.6 Å². The lowest BCUT2D eigenvalue weighted by molar-refractivity contribution is 0.0943. The average Bonchev–Trinajstić information content (AvgIpc) is 2.40. The number of piperidine rings is 1. The molecule has 18 heavy (non-hydrogen) atoms. The molecule has 0 radical (unpaired) electrons. The highest BCUT2D eigenvalue weighted by Gasteiger charge is 2.16. The first-order chi connectivity index (χ1) is 8.66. The summed E-state index contributed by atoms with van der Waals surface area (Å²) in [5.74, 6) is -1.89. The number of halogens is 2. The van der Waals surface area contributed by atoms with E-state index in [0.717, 1.165) is 44.0 Å². The lowest BCUT2D eigenvalue weighted by Gasteiger charge is -2.23. The van der Waals surface area contributed by atoms with Crippen LogP contribution in [0.4, 0.5) is 8.78 Å². The molecule has 3 nitrogen and oxygen atoms in total. The quantitative estimate of drug-likeness (QED) is 0.864. The highest BCUT2D eigenvalue weighted by atomic mass is 19.1. The van der Waals surface area contributed by atoms with Crippen LogP contribution in [0.2, 0.25) is 0 Å². The molecule has 2 N–H and O–H groups in total. The molecule has 5 heteroatoms. The summed E-state index contributed by atoms with van der Waals surface area (Å²) in [6.45, 7) is 1.38. The molecule has 1 amide bonds. The van der Waals surface area contributed by atoms with E-state index in [1.807, 2.05) is 0 Å². The van der Waals surface area contributed by atoms with Crippen LogP contribution < -0.4 is 10.6 Å². The normalized spacial score (nSPS) is 19.6. The molecule has 1 unspecified atom stereocenters. The number of benzene rings is 1. The van der Waals surface area contributed by atoms with E-state index in [1.165, 1.54) is 0 Å². The van der Waals surface area contributed by atoms with E-state index >= 15 is 0 Å². The van der Waals surface area contributed by atoms with Crippen molar-refractivity contribution >= 4 is 5.91 Å². The lowest BCUT2D eigenvalue weighted by Crippen LogP contribution is -2.43. The second-order valence-corrected chi connectivity index (χ2v) is 4.48. The number of carbonyl (C=O) groups is 1. The summed E-state index contributed by atoms with van der Waals surface area (Å²) >= 11 is 0. The van der Waals surface area contributed by atoms with Crippen molar-refractivity contribution in [1.82, 2.24) is 10.6 Å². The summed E-state index contributed by atoms with van der Waals surface area (Å²) in [4.78, 5) is 11.7. The number of nitrogens with one attached hydrogen (secondary N) is 2. The van der Waals surface area contributed by atoms with Gasteiger partial charge in [-0.3, -0.25) is 4.79 Å². The molecule has 0 bridgehead atoms. The molecular weight excluding hydrogens is 238 g/mol. The van der Waals surface area contributed by atoms with Crippen molar-refractivity contribution in [2.45, 2.75) is 25.3 Å². The van der Waals surface area contributed by atoms with Crippen molar-refractivity contribution in [1.29, 1.82) is 0 Å². The van der Waals surface area contributed by atoms with Crippen molar-refractivity contribution < 1.29 is 13.6 Å². The molecule has 0 spiro atoms. The third-order valence-electron chi connectivity index (χ3n) is 3.09. The molecule has 1 aliphatic heterocycles. The summed E-state index contributed by atoms with van der Waals surface area (Å²) in [6.07, 6.45) is 3.26. The third kappa shape index (κ3) is 3.26. The minimum absolute atomic E-state index is 0.222. The summed E-state index contributed by atoms with van der Waals surface area (Å²) in [5.41, 5.74) is -0.245. The second-order valence-electron chi connectivity index (χ2n) is 4.48. The maximum absolute atomic E-state index is 13.3. The van der Waals surface area contributed by atoms with Crippen LogP contribution in [0.5, 0.6) is 0 Å². The second kappa shape index (κ2) is 5.91. The Hall–Kier alpha value is -1.49. The van der Waals surface area contributed by atoms with Crippen molar-refractivity contribution in [3.8, 4) is 0 Å². The van der Waals surface area contributed by atoms with Crippen LogP contribution >= 0.6 is 0 Å². The third-order valence-corrected chi connectivity index (χ3v) is 3.09. The van der Waals surface area contributed by atoms with E-state index in [9.17, 15) is 13.6 Å². The molecule has 1 aliphatic rings. The Kier molecular flexibility index (Phi) is 4.25. The maximum atomic E-state index is 13.3. The topological polar surface area (TPSA) is 41.1 Å². The van der Waals surface area contributed by atoms with Gasteiger partial charge in [-0.15, -0.1) is 0 Å². The summed E-state index contributed by atoms with van der Waals surface area (Å²) in [7, 11) is 0. The summed E-state index contributed by atoms with van der Waals surface area (Å²) in [5, 5.41) is 5.90. The fraction of sp³-hybridized carbons (Fsp3) is 0.462. The Labute approximate surface area is 105 Å². The van der Waals surface area contributed by atoms with Gasteiger partial charge in [-0.2, -0.15) is 0 Å². The molecule has 0 aromatic heterocycles. The largest absolute Gasteiger partial charge is 0.350 e. The first-order valence-corrected chi connectivity index (χ1v) is 6.13. The van der Waals surface area contributed by atoms with Crippen LogP contribution in [-0.2, 0) is 0 Å². The van der Waals surface area contributed by atoms with Gasteiger partial charge >= 0.3 is 0 Å². The van der Waals surface area contributed by atoms with Crippen LogP contribution in [0.15, 0.2) is 18.2 Å². The van der Waals surface area contributed by atoms with Crippen molar-refractivity contribution in [2.75, 3.05) is 13.1 Å². The number of hydrogen-bond donors (Lipinski definition) is 2. The molecular formula is C13H16F2N2O. The number of hydrogen-bond acceptors (Lipinski definition) is 2. The summed E-state index contributed by atoms with van der Waals surface area (Å²) in [6, 6.07) is 3.09. The van der Waals surface area contributed by atoms with Gasteiger partial charge in [0.2, 0.25) is 0 Å². The standard InChI is InChI=1S/C13H16F2N2O/c14-9-4-5-12(15)11(7-9)13(18)17-8-10-3-1-2-6-16-10/h4-5,7,10,16H,1-3,6,8H2,(H,17,18). The van der Waals surface area contributed by atoms with Gasteiger partial charge in [0.05, 0.1) is 5.56 Å². The molecule has 1 aromatic carbocycles. The Bertz CT molecular complexity index is 431. The number of carbonyl (C=O) groups excluding carboxylic acids is 1. The van der Waals surface area contributed by atoms with Crippen LogP contribution in [0.25, 0.3) is 0 Å². The van der Waals surface area contributed by atoms with Gasteiger partial charge < -0.3 is 10.6 Å². The van der Waals surface area contributed by atoms with Crippen molar-refractivity contribution in [2.24, 2.45) is 0 Å². The molecule has 1 heterocycles. The van der Waals surface area contributed by atoms with Gasteiger partial charge in [-0.1, -0.05) is 6.42 Å². The predicted molar refractivity (Wildman–Crippen MR) is 64.3 cm³/mol. The van der Waals surface area contributed by atoms with Gasteiger partial charge in [0.1, 0.15) is 11.6 Å².